The Morgan fingerprint density at radius 3 is 2.52 bits per heavy atom. The number of hydrogen-bond acceptors (Lipinski definition) is 3. The minimum atomic E-state index is -0.984. The van der Waals surface area contributed by atoms with Crippen molar-refractivity contribution in [1.29, 1.82) is 0 Å². The van der Waals surface area contributed by atoms with Crippen molar-refractivity contribution in [3.8, 4) is 22.6 Å². The number of esters is 1. The van der Waals surface area contributed by atoms with Gasteiger partial charge in [-0.1, -0.05) is 50.5 Å². The molecule has 2 aliphatic carbocycles. The predicted molar refractivity (Wildman–Crippen MR) is 125 cm³/mol. The molecule has 0 amide bonds. The molecule has 4 rings (SSSR count). The van der Waals surface area contributed by atoms with Crippen LogP contribution in [0.2, 0.25) is 0 Å². The van der Waals surface area contributed by atoms with Crippen molar-refractivity contribution in [3.63, 3.8) is 0 Å². The number of unbranched alkanes of at least 4 members (excludes halogenated alkanes) is 1. The molecule has 0 bridgehead atoms. The molecule has 3 atom stereocenters. The Hall–Kier alpha value is -2.69. The first kappa shape index (κ1) is 23.5. The Labute approximate surface area is 194 Å². The summed E-state index contributed by atoms with van der Waals surface area (Å²) in [4.78, 5) is 12.9. The lowest BCUT2D eigenvalue weighted by Gasteiger charge is -2.19. The Kier molecular flexibility index (Phi) is 7.46. The zero-order valence-electron chi connectivity index (χ0n) is 19.4. The van der Waals surface area contributed by atoms with Crippen LogP contribution in [0.25, 0.3) is 11.1 Å². The molecule has 33 heavy (non-hydrogen) atoms. The van der Waals surface area contributed by atoms with E-state index in [1.54, 1.807) is 24.3 Å². The number of halogens is 2. The first-order valence-electron chi connectivity index (χ1n) is 12.1. The van der Waals surface area contributed by atoms with E-state index in [-0.39, 0.29) is 23.2 Å². The van der Waals surface area contributed by atoms with Crippen LogP contribution in [-0.4, -0.2) is 12.6 Å². The third kappa shape index (κ3) is 4.97. The van der Waals surface area contributed by atoms with Gasteiger partial charge in [0.05, 0.1) is 12.5 Å². The molecule has 2 aromatic carbocycles. The molecule has 0 aliphatic heterocycles. The Morgan fingerprint density at radius 2 is 1.79 bits per heavy atom. The first-order valence-corrected chi connectivity index (χ1v) is 12.1. The molecule has 176 valence electrons. The molecule has 2 aliphatic rings. The number of hydrogen-bond donors (Lipinski definition) is 0. The van der Waals surface area contributed by atoms with Crippen LogP contribution in [0.3, 0.4) is 0 Å². The Morgan fingerprint density at radius 1 is 1.00 bits per heavy atom. The van der Waals surface area contributed by atoms with Gasteiger partial charge in [-0.05, 0) is 73.8 Å². The van der Waals surface area contributed by atoms with Crippen molar-refractivity contribution >= 4 is 5.97 Å². The second kappa shape index (κ2) is 10.5. The van der Waals surface area contributed by atoms with Gasteiger partial charge in [-0.25, -0.2) is 4.39 Å². The van der Waals surface area contributed by atoms with E-state index in [4.69, 9.17) is 9.47 Å². The number of carbonyl (C=O) groups is 1. The SMILES string of the molecule is CCCCOc1ccc(-c2ccc(OC(=O)C3CCC4C(CCC)=CCC34)cc2)c(F)c1F. The molecule has 2 aromatic rings. The van der Waals surface area contributed by atoms with E-state index < -0.39 is 11.6 Å². The first-order chi connectivity index (χ1) is 16.0. The molecule has 0 radical (unpaired) electrons. The van der Waals surface area contributed by atoms with E-state index >= 15 is 0 Å². The molecule has 1 saturated carbocycles. The summed E-state index contributed by atoms with van der Waals surface area (Å²) >= 11 is 0. The average molecular weight is 455 g/mol. The number of ether oxygens (including phenoxy) is 2. The molecular weight excluding hydrogens is 422 g/mol. The summed E-state index contributed by atoms with van der Waals surface area (Å²) in [5.74, 6) is -0.963. The minimum Gasteiger partial charge on any atom is -0.490 e. The van der Waals surface area contributed by atoms with E-state index in [9.17, 15) is 13.6 Å². The largest absolute Gasteiger partial charge is 0.490 e. The average Bonchev–Trinajstić information content (AvgIpc) is 3.41. The van der Waals surface area contributed by atoms with E-state index in [0.717, 1.165) is 44.9 Å². The minimum absolute atomic E-state index is 0.0754. The molecule has 0 aromatic heterocycles. The third-order valence-corrected chi connectivity index (χ3v) is 6.98. The zero-order chi connectivity index (χ0) is 23.4. The molecular formula is C28H32F2O3. The number of benzene rings is 2. The van der Waals surface area contributed by atoms with Crippen LogP contribution in [0.15, 0.2) is 48.0 Å². The van der Waals surface area contributed by atoms with Crippen LogP contribution < -0.4 is 9.47 Å². The van der Waals surface area contributed by atoms with Crippen molar-refractivity contribution in [2.24, 2.45) is 17.8 Å². The van der Waals surface area contributed by atoms with Crippen molar-refractivity contribution in [2.45, 2.75) is 58.8 Å². The Balaban J connectivity index is 1.40. The number of fused-ring (bicyclic) bond motifs is 1. The van der Waals surface area contributed by atoms with Gasteiger partial charge in [0.2, 0.25) is 5.82 Å². The summed E-state index contributed by atoms with van der Waals surface area (Å²) in [6.45, 7) is 4.55. The van der Waals surface area contributed by atoms with E-state index in [1.807, 2.05) is 6.92 Å². The lowest BCUT2D eigenvalue weighted by Crippen LogP contribution is -2.25. The summed E-state index contributed by atoms with van der Waals surface area (Å²) in [7, 11) is 0. The molecule has 0 saturated heterocycles. The third-order valence-electron chi connectivity index (χ3n) is 6.98. The van der Waals surface area contributed by atoms with Crippen molar-refractivity contribution < 1.29 is 23.0 Å². The normalized spacial score (nSPS) is 21.6. The fraction of sp³-hybridized carbons (Fsp3) is 0.464. The molecule has 1 fully saturated rings. The summed E-state index contributed by atoms with van der Waals surface area (Å²) < 4.78 is 40.1. The summed E-state index contributed by atoms with van der Waals surface area (Å²) in [6.07, 6.45) is 9.15. The van der Waals surface area contributed by atoms with Crippen LogP contribution >= 0.6 is 0 Å². The van der Waals surface area contributed by atoms with Gasteiger partial charge in [0.1, 0.15) is 5.75 Å². The smallest absolute Gasteiger partial charge is 0.314 e. The van der Waals surface area contributed by atoms with Gasteiger partial charge in [-0.2, -0.15) is 4.39 Å². The fourth-order valence-electron chi connectivity index (χ4n) is 5.25. The Bertz CT molecular complexity index is 1010. The maximum Gasteiger partial charge on any atom is 0.314 e. The highest BCUT2D eigenvalue weighted by Gasteiger charge is 2.44. The van der Waals surface area contributed by atoms with Crippen LogP contribution in [-0.2, 0) is 4.79 Å². The van der Waals surface area contributed by atoms with Gasteiger partial charge in [0.25, 0.3) is 0 Å². The van der Waals surface area contributed by atoms with E-state index in [1.165, 1.54) is 17.7 Å². The van der Waals surface area contributed by atoms with Gasteiger partial charge in [0, 0.05) is 5.56 Å². The number of rotatable bonds is 9. The standard InChI is InChI=1S/C28H32F2O3/c1-3-5-17-32-25-16-15-22(26(29)27(25)30)19-7-10-20(11-8-19)33-28(31)24-14-13-21-18(6-4-2)9-12-23(21)24/h7-11,15-16,21,23-24H,3-6,12-14,17H2,1-2H3. The lowest BCUT2D eigenvalue weighted by atomic mass is 9.88. The van der Waals surface area contributed by atoms with Crippen LogP contribution in [0.4, 0.5) is 8.78 Å². The monoisotopic (exact) mass is 454 g/mol. The molecule has 0 heterocycles. The summed E-state index contributed by atoms with van der Waals surface area (Å²) in [5.41, 5.74) is 2.17. The van der Waals surface area contributed by atoms with Gasteiger partial charge < -0.3 is 9.47 Å². The van der Waals surface area contributed by atoms with Gasteiger partial charge in [-0.15, -0.1) is 0 Å². The number of allylic oxidation sites excluding steroid dienone is 2. The second-order valence-corrected chi connectivity index (χ2v) is 9.11. The van der Waals surface area contributed by atoms with Gasteiger partial charge in [0.15, 0.2) is 11.6 Å². The van der Waals surface area contributed by atoms with E-state index in [2.05, 4.69) is 13.0 Å². The molecule has 5 heteroatoms. The highest BCUT2D eigenvalue weighted by molar-refractivity contribution is 5.76. The fourth-order valence-corrected chi connectivity index (χ4v) is 5.25. The van der Waals surface area contributed by atoms with Crippen molar-refractivity contribution in [2.75, 3.05) is 6.61 Å². The summed E-state index contributed by atoms with van der Waals surface area (Å²) in [5, 5.41) is 0. The predicted octanol–water partition coefficient (Wildman–Crippen LogP) is 7.49. The van der Waals surface area contributed by atoms with Gasteiger partial charge >= 0.3 is 5.97 Å². The van der Waals surface area contributed by atoms with Crippen molar-refractivity contribution in [1.82, 2.24) is 0 Å². The van der Waals surface area contributed by atoms with Gasteiger partial charge in [-0.3, -0.25) is 4.79 Å². The quantitative estimate of drug-likeness (QED) is 0.170. The highest BCUT2D eigenvalue weighted by Crippen LogP contribution is 2.49. The maximum absolute atomic E-state index is 14.6. The molecule has 3 nitrogen and oxygen atoms in total. The topological polar surface area (TPSA) is 35.5 Å². The molecule has 0 N–H and O–H groups in total. The van der Waals surface area contributed by atoms with Crippen molar-refractivity contribution in [3.05, 3.63) is 59.7 Å². The molecule has 0 spiro atoms. The highest BCUT2D eigenvalue weighted by atomic mass is 19.2. The van der Waals surface area contributed by atoms with E-state index in [0.29, 0.717) is 29.8 Å². The van der Waals surface area contributed by atoms with Crippen LogP contribution in [0, 0.1) is 29.4 Å². The lowest BCUT2D eigenvalue weighted by molar-refractivity contribution is -0.140. The second-order valence-electron chi connectivity index (χ2n) is 9.11. The molecule has 3 unspecified atom stereocenters. The zero-order valence-corrected chi connectivity index (χ0v) is 19.4. The van der Waals surface area contributed by atoms with Crippen LogP contribution in [0.1, 0.15) is 58.8 Å². The van der Waals surface area contributed by atoms with Crippen LogP contribution in [0.5, 0.6) is 11.5 Å². The maximum atomic E-state index is 14.6. The number of carbonyl (C=O) groups excluding carboxylic acids is 1. The summed E-state index contributed by atoms with van der Waals surface area (Å²) in [6, 6.07) is 9.53.